The zero-order valence-corrected chi connectivity index (χ0v) is 13.9. The van der Waals surface area contributed by atoms with Gasteiger partial charge in [0.05, 0.1) is 23.9 Å². The summed E-state index contributed by atoms with van der Waals surface area (Å²) in [5, 5.41) is 9.23. The Kier molecular flexibility index (Phi) is 3.82. The highest BCUT2D eigenvalue weighted by molar-refractivity contribution is 6.35. The Balaban J connectivity index is 1.88. The first-order chi connectivity index (χ1) is 12.6. The number of hydrogen-bond donors (Lipinski definition) is 1. The standard InChI is InChI=1S/C20H15NO5/c1-25-12-6-8-16(18-9-7-13(11-22)26-18)17(10-12)21-19(23)14-4-2-3-5-15(14)20(21)24/h2-10,22H,11H2,1H3. The molecule has 2 amide bonds. The van der Waals surface area contributed by atoms with Gasteiger partial charge in [0.2, 0.25) is 0 Å². The van der Waals surface area contributed by atoms with Crippen LogP contribution in [0.1, 0.15) is 26.5 Å². The van der Waals surface area contributed by atoms with E-state index >= 15 is 0 Å². The second-order valence-corrected chi connectivity index (χ2v) is 5.80. The van der Waals surface area contributed by atoms with Crippen molar-refractivity contribution in [2.24, 2.45) is 0 Å². The molecule has 0 spiro atoms. The predicted molar refractivity (Wildman–Crippen MR) is 94.2 cm³/mol. The molecule has 0 saturated carbocycles. The molecule has 0 bridgehead atoms. The van der Waals surface area contributed by atoms with E-state index in [4.69, 9.17) is 9.15 Å². The number of hydrogen-bond acceptors (Lipinski definition) is 5. The number of anilines is 1. The lowest BCUT2D eigenvalue weighted by Crippen LogP contribution is -2.29. The largest absolute Gasteiger partial charge is 0.497 e. The molecule has 26 heavy (non-hydrogen) atoms. The Morgan fingerprint density at radius 1 is 0.962 bits per heavy atom. The normalized spacial score (nSPS) is 13.2. The van der Waals surface area contributed by atoms with Crippen molar-refractivity contribution in [1.29, 1.82) is 0 Å². The fourth-order valence-corrected chi connectivity index (χ4v) is 3.05. The van der Waals surface area contributed by atoms with Crippen LogP contribution < -0.4 is 9.64 Å². The van der Waals surface area contributed by atoms with Gasteiger partial charge in [0.25, 0.3) is 11.8 Å². The number of ether oxygens (including phenoxy) is 1. The van der Waals surface area contributed by atoms with Crippen LogP contribution in [-0.4, -0.2) is 24.0 Å². The summed E-state index contributed by atoms with van der Waals surface area (Å²) in [6, 6.07) is 15.1. The number of methoxy groups -OCH3 is 1. The molecule has 3 aromatic rings. The molecule has 6 nitrogen and oxygen atoms in total. The Bertz CT molecular complexity index is 986. The number of rotatable bonds is 4. The van der Waals surface area contributed by atoms with E-state index < -0.39 is 11.8 Å². The second-order valence-electron chi connectivity index (χ2n) is 5.80. The second kappa shape index (κ2) is 6.16. The average Bonchev–Trinajstić information content (AvgIpc) is 3.25. The number of amides is 2. The van der Waals surface area contributed by atoms with Gasteiger partial charge in [-0.2, -0.15) is 0 Å². The number of carbonyl (C=O) groups excluding carboxylic acids is 2. The quantitative estimate of drug-likeness (QED) is 0.732. The lowest BCUT2D eigenvalue weighted by molar-refractivity contribution is 0.0926. The summed E-state index contributed by atoms with van der Waals surface area (Å²) in [5.74, 6) is 0.560. The van der Waals surface area contributed by atoms with Crippen LogP contribution in [0.15, 0.2) is 59.0 Å². The minimum Gasteiger partial charge on any atom is -0.497 e. The van der Waals surface area contributed by atoms with Crippen molar-refractivity contribution in [2.75, 3.05) is 12.0 Å². The Morgan fingerprint density at radius 2 is 1.65 bits per heavy atom. The van der Waals surface area contributed by atoms with Crippen molar-refractivity contribution in [3.05, 3.63) is 71.5 Å². The zero-order chi connectivity index (χ0) is 18.3. The van der Waals surface area contributed by atoms with Gasteiger partial charge in [-0.25, -0.2) is 4.90 Å². The van der Waals surface area contributed by atoms with Gasteiger partial charge in [-0.1, -0.05) is 12.1 Å². The minimum absolute atomic E-state index is 0.238. The minimum atomic E-state index is -0.394. The fourth-order valence-electron chi connectivity index (χ4n) is 3.05. The third kappa shape index (κ3) is 2.39. The van der Waals surface area contributed by atoms with Crippen LogP contribution >= 0.6 is 0 Å². The average molecular weight is 349 g/mol. The molecule has 0 aliphatic carbocycles. The SMILES string of the molecule is COc1ccc(-c2ccc(CO)o2)c(N2C(=O)c3ccccc3C2=O)c1. The van der Waals surface area contributed by atoms with E-state index in [-0.39, 0.29) is 6.61 Å². The molecular formula is C20H15NO5. The summed E-state index contributed by atoms with van der Waals surface area (Å²) in [6.45, 7) is -0.238. The summed E-state index contributed by atoms with van der Waals surface area (Å²) in [7, 11) is 1.51. The number of aliphatic hydroxyl groups excluding tert-OH is 1. The fraction of sp³-hybridized carbons (Fsp3) is 0.100. The molecule has 1 aliphatic heterocycles. The molecule has 1 aromatic heterocycles. The number of furan rings is 1. The zero-order valence-electron chi connectivity index (χ0n) is 13.9. The molecule has 1 aliphatic rings. The topological polar surface area (TPSA) is 80.0 Å². The number of aliphatic hydroxyl groups is 1. The van der Waals surface area contributed by atoms with Gasteiger partial charge in [0.15, 0.2) is 0 Å². The Morgan fingerprint density at radius 3 is 2.23 bits per heavy atom. The van der Waals surface area contributed by atoms with Crippen LogP contribution in [0, 0.1) is 0 Å². The van der Waals surface area contributed by atoms with E-state index in [1.165, 1.54) is 7.11 Å². The van der Waals surface area contributed by atoms with Crippen molar-refractivity contribution < 1.29 is 23.8 Å². The molecule has 0 unspecified atom stereocenters. The van der Waals surface area contributed by atoms with Crippen molar-refractivity contribution >= 4 is 17.5 Å². The number of nitrogens with zero attached hydrogens (tertiary/aromatic N) is 1. The third-order valence-corrected chi connectivity index (χ3v) is 4.32. The lowest BCUT2D eigenvalue weighted by atomic mass is 10.1. The van der Waals surface area contributed by atoms with E-state index in [9.17, 15) is 14.7 Å². The smallest absolute Gasteiger partial charge is 0.266 e. The summed E-state index contributed by atoms with van der Waals surface area (Å²) in [5.41, 5.74) is 1.65. The van der Waals surface area contributed by atoms with Gasteiger partial charge in [-0.05, 0) is 36.4 Å². The van der Waals surface area contributed by atoms with E-state index in [0.29, 0.717) is 39.6 Å². The van der Waals surface area contributed by atoms with E-state index in [1.807, 2.05) is 0 Å². The highest BCUT2D eigenvalue weighted by Crippen LogP contribution is 2.39. The third-order valence-electron chi connectivity index (χ3n) is 4.32. The number of benzene rings is 2. The predicted octanol–water partition coefficient (Wildman–Crippen LogP) is 3.25. The number of fused-ring (bicyclic) bond motifs is 1. The van der Waals surface area contributed by atoms with Gasteiger partial charge in [-0.3, -0.25) is 9.59 Å². The summed E-state index contributed by atoms with van der Waals surface area (Å²) in [4.78, 5) is 26.8. The summed E-state index contributed by atoms with van der Waals surface area (Å²) < 4.78 is 10.9. The van der Waals surface area contributed by atoms with Crippen molar-refractivity contribution in [2.45, 2.75) is 6.61 Å². The molecule has 0 radical (unpaired) electrons. The first-order valence-corrected chi connectivity index (χ1v) is 8.00. The van der Waals surface area contributed by atoms with E-state index in [2.05, 4.69) is 0 Å². The van der Waals surface area contributed by atoms with Gasteiger partial charge in [0.1, 0.15) is 23.9 Å². The molecule has 2 aromatic carbocycles. The van der Waals surface area contributed by atoms with Gasteiger partial charge < -0.3 is 14.3 Å². The van der Waals surface area contributed by atoms with Crippen LogP contribution in [-0.2, 0) is 6.61 Å². The van der Waals surface area contributed by atoms with Gasteiger partial charge in [0, 0.05) is 11.6 Å². The highest BCUT2D eigenvalue weighted by atomic mass is 16.5. The molecule has 6 heteroatoms. The Hall–Kier alpha value is -3.38. The van der Waals surface area contributed by atoms with Crippen LogP contribution in [0.3, 0.4) is 0 Å². The summed E-state index contributed by atoms with van der Waals surface area (Å²) in [6.07, 6.45) is 0. The van der Waals surface area contributed by atoms with Crippen LogP contribution in [0.25, 0.3) is 11.3 Å². The van der Waals surface area contributed by atoms with Crippen molar-refractivity contribution in [1.82, 2.24) is 0 Å². The summed E-state index contributed by atoms with van der Waals surface area (Å²) >= 11 is 0. The molecule has 130 valence electrons. The molecule has 0 fully saturated rings. The van der Waals surface area contributed by atoms with Gasteiger partial charge >= 0.3 is 0 Å². The maximum absolute atomic E-state index is 12.8. The van der Waals surface area contributed by atoms with E-state index in [1.54, 1.807) is 54.6 Å². The first kappa shape index (κ1) is 16.1. The van der Waals surface area contributed by atoms with Crippen LogP contribution in [0.5, 0.6) is 5.75 Å². The van der Waals surface area contributed by atoms with Crippen LogP contribution in [0.2, 0.25) is 0 Å². The first-order valence-electron chi connectivity index (χ1n) is 8.00. The molecule has 2 heterocycles. The highest BCUT2D eigenvalue weighted by Gasteiger charge is 2.38. The maximum Gasteiger partial charge on any atom is 0.266 e. The number of imide groups is 1. The monoisotopic (exact) mass is 349 g/mol. The van der Waals surface area contributed by atoms with Crippen LogP contribution in [0.4, 0.5) is 5.69 Å². The Labute approximate surface area is 149 Å². The number of carbonyl (C=O) groups is 2. The molecule has 0 atom stereocenters. The molecule has 0 saturated heterocycles. The molecule has 1 N–H and O–H groups in total. The van der Waals surface area contributed by atoms with Crippen molar-refractivity contribution in [3.63, 3.8) is 0 Å². The molecule has 4 rings (SSSR count). The maximum atomic E-state index is 12.8. The van der Waals surface area contributed by atoms with E-state index in [0.717, 1.165) is 4.90 Å². The van der Waals surface area contributed by atoms with Gasteiger partial charge in [-0.15, -0.1) is 0 Å². The lowest BCUT2D eigenvalue weighted by Gasteiger charge is -2.18. The molecular weight excluding hydrogens is 334 g/mol. The van der Waals surface area contributed by atoms with Crippen molar-refractivity contribution in [3.8, 4) is 17.1 Å².